The number of methoxy groups -OCH3 is 1. The molecule has 0 saturated carbocycles. The first-order chi connectivity index (χ1) is 18.1. The number of nitro groups is 1. The van der Waals surface area contributed by atoms with E-state index in [0.29, 0.717) is 23.5 Å². The fourth-order valence-corrected chi connectivity index (χ4v) is 4.71. The van der Waals surface area contributed by atoms with Gasteiger partial charge in [-0.3, -0.25) is 14.9 Å². The summed E-state index contributed by atoms with van der Waals surface area (Å²) in [7, 11) is 1.20. The second-order valence-electron chi connectivity index (χ2n) is 8.99. The molecule has 11 nitrogen and oxygen atoms in total. The lowest BCUT2D eigenvalue weighted by molar-refractivity contribution is -0.385. The van der Waals surface area contributed by atoms with Gasteiger partial charge in [0.15, 0.2) is 0 Å². The Balaban J connectivity index is 1.70. The third-order valence-electron chi connectivity index (χ3n) is 6.45. The Morgan fingerprint density at radius 2 is 1.66 bits per heavy atom. The molecule has 0 aliphatic carbocycles. The van der Waals surface area contributed by atoms with E-state index in [0.717, 1.165) is 5.56 Å². The molecule has 0 fully saturated rings. The van der Waals surface area contributed by atoms with Gasteiger partial charge < -0.3 is 14.8 Å². The molecule has 11 heteroatoms. The number of benzene rings is 2. The molecule has 0 saturated heterocycles. The summed E-state index contributed by atoms with van der Waals surface area (Å²) < 4.78 is 10.6. The second kappa shape index (κ2) is 10.7. The first-order valence-corrected chi connectivity index (χ1v) is 11.8. The van der Waals surface area contributed by atoms with E-state index < -0.39 is 22.8 Å². The largest absolute Gasteiger partial charge is 0.466 e. The van der Waals surface area contributed by atoms with E-state index in [4.69, 9.17) is 9.47 Å². The zero-order valence-electron chi connectivity index (χ0n) is 21.2. The highest BCUT2D eigenvalue weighted by atomic mass is 16.6. The van der Waals surface area contributed by atoms with Crippen LogP contribution in [0.25, 0.3) is 0 Å². The molecule has 0 spiro atoms. The van der Waals surface area contributed by atoms with E-state index in [1.165, 1.54) is 25.3 Å². The molecule has 2 aliphatic rings. The maximum Gasteiger partial charge on any atom is 0.342 e. The molecule has 0 radical (unpaired) electrons. The molecule has 0 bridgehead atoms. The molecule has 2 atom stereocenters. The number of hydrogen-bond acceptors (Lipinski definition) is 9. The molecule has 2 N–H and O–H groups in total. The Bertz CT molecular complexity index is 1420. The summed E-state index contributed by atoms with van der Waals surface area (Å²) >= 11 is 0. The van der Waals surface area contributed by atoms with E-state index in [-0.39, 0.29) is 40.0 Å². The normalized spacial score (nSPS) is 19.3. The number of esters is 2. The number of hydrogen-bond donors (Lipinski definition) is 2. The summed E-state index contributed by atoms with van der Waals surface area (Å²) in [4.78, 5) is 49.2. The van der Waals surface area contributed by atoms with Crippen molar-refractivity contribution in [2.45, 2.75) is 33.1 Å². The zero-order valence-corrected chi connectivity index (χ0v) is 21.2. The van der Waals surface area contributed by atoms with E-state index in [9.17, 15) is 24.5 Å². The molecule has 0 aromatic heterocycles. The Labute approximate surface area is 218 Å². The van der Waals surface area contributed by atoms with E-state index in [1.54, 1.807) is 44.2 Å². The number of nitrogens with one attached hydrogen (secondary N) is 2. The number of amides is 1. The summed E-state index contributed by atoms with van der Waals surface area (Å²) in [6, 6.07) is 12.6. The molecule has 2 unspecified atom stereocenters. The molecule has 2 aliphatic heterocycles. The summed E-state index contributed by atoms with van der Waals surface area (Å²) in [6.07, 6.45) is 0.318. The SMILES string of the molecule is COC(=O)C1=C(C)NC(C)=C(C(=O)Oc2ccc(C3=NNC(=O)CC3C)cc2)C1c1ccccc1[N+](=O)[O-]. The number of para-hydroxylation sites is 1. The highest BCUT2D eigenvalue weighted by Gasteiger charge is 2.41. The van der Waals surface area contributed by atoms with E-state index in [2.05, 4.69) is 15.8 Å². The number of dihydropyridines is 1. The lowest BCUT2D eigenvalue weighted by Gasteiger charge is -2.30. The van der Waals surface area contributed by atoms with Crippen LogP contribution >= 0.6 is 0 Å². The number of carbonyl (C=O) groups is 3. The lowest BCUT2D eigenvalue weighted by atomic mass is 9.79. The van der Waals surface area contributed by atoms with E-state index >= 15 is 0 Å². The topological polar surface area (TPSA) is 149 Å². The van der Waals surface area contributed by atoms with Crippen LogP contribution in [0.3, 0.4) is 0 Å². The molecule has 2 heterocycles. The van der Waals surface area contributed by atoms with Gasteiger partial charge in [-0.2, -0.15) is 5.10 Å². The van der Waals surface area contributed by atoms with Gasteiger partial charge in [0, 0.05) is 35.4 Å². The van der Waals surface area contributed by atoms with Crippen molar-refractivity contribution in [1.29, 1.82) is 0 Å². The first kappa shape index (κ1) is 26.3. The fraction of sp³-hybridized carbons (Fsp3) is 0.259. The average molecular weight is 519 g/mol. The minimum Gasteiger partial charge on any atom is -0.466 e. The number of carbonyl (C=O) groups excluding carboxylic acids is 3. The zero-order chi connectivity index (χ0) is 27.6. The Hall–Kier alpha value is -4.80. The number of hydrazone groups is 1. The third kappa shape index (κ3) is 5.03. The van der Waals surface area contributed by atoms with Gasteiger partial charge in [0.2, 0.25) is 5.91 Å². The van der Waals surface area contributed by atoms with Crippen LogP contribution in [0, 0.1) is 16.0 Å². The smallest absolute Gasteiger partial charge is 0.342 e. The van der Waals surface area contributed by atoms with Crippen molar-refractivity contribution in [3.05, 3.63) is 92.3 Å². The molecule has 196 valence electrons. The second-order valence-corrected chi connectivity index (χ2v) is 8.99. The predicted molar refractivity (Wildman–Crippen MR) is 137 cm³/mol. The van der Waals surface area contributed by atoms with Crippen LogP contribution in [0.5, 0.6) is 5.75 Å². The van der Waals surface area contributed by atoms with Gasteiger partial charge in [-0.15, -0.1) is 0 Å². The fourth-order valence-electron chi connectivity index (χ4n) is 4.71. The van der Waals surface area contributed by atoms with Crippen molar-refractivity contribution in [2.75, 3.05) is 7.11 Å². The highest BCUT2D eigenvalue weighted by Crippen LogP contribution is 2.42. The van der Waals surface area contributed by atoms with Crippen molar-refractivity contribution >= 4 is 29.2 Å². The Morgan fingerprint density at radius 1 is 1.03 bits per heavy atom. The third-order valence-corrected chi connectivity index (χ3v) is 6.45. The standard InChI is InChI=1S/C27H26N4O7/c1-14-13-21(32)29-30-25(14)17-9-11-18(12-10-17)38-27(34)23-16(3)28-15(2)22(26(33)37-4)24(23)19-7-5-6-8-20(19)31(35)36/h5-12,14,24,28H,13H2,1-4H3,(H,29,32). The summed E-state index contributed by atoms with van der Waals surface area (Å²) in [6.45, 7) is 5.17. The van der Waals surface area contributed by atoms with Gasteiger partial charge in [-0.05, 0) is 43.7 Å². The number of ether oxygens (including phenoxy) is 2. The van der Waals surface area contributed by atoms with Crippen molar-refractivity contribution in [3.63, 3.8) is 0 Å². The lowest BCUT2D eigenvalue weighted by Crippen LogP contribution is -2.33. The minimum absolute atomic E-state index is 0.0439. The molecule has 2 aromatic carbocycles. The van der Waals surface area contributed by atoms with Crippen molar-refractivity contribution in [1.82, 2.24) is 10.7 Å². The number of allylic oxidation sites excluding steroid dienone is 2. The summed E-state index contributed by atoms with van der Waals surface area (Å²) in [5.41, 5.74) is 4.77. The van der Waals surface area contributed by atoms with Gasteiger partial charge in [-0.25, -0.2) is 15.0 Å². The first-order valence-electron chi connectivity index (χ1n) is 11.8. The van der Waals surface area contributed by atoms with Crippen molar-refractivity contribution in [2.24, 2.45) is 11.0 Å². The van der Waals surface area contributed by atoms with Crippen LogP contribution < -0.4 is 15.5 Å². The van der Waals surface area contributed by atoms with E-state index in [1.807, 2.05) is 6.92 Å². The molecular weight excluding hydrogens is 492 g/mol. The molecule has 4 rings (SSSR count). The van der Waals surface area contributed by atoms with Crippen LogP contribution in [0.2, 0.25) is 0 Å². The number of nitrogens with zero attached hydrogens (tertiary/aromatic N) is 2. The quantitative estimate of drug-likeness (QED) is 0.256. The van der Waals surface area contributed by atoms with Gasteiger partial charge in [0.05, 0.1) is 34.8 Å². The molecule has 38 heavy (non-hydrogen) atoms. The summed E-state index contributed by atoms with van der Waals surface area (Å²) in [5.74, 6) is -2.62. The monoisotopic (exact) mass is 518 g/mol. The van der Waals surface area contributed by atoms with Gasteiger partial charge >= 0.3 is 11.9 Å². The Morgan fingerprint density at radius 3 is 2.26 bits per heavy atom. The molecule has 1 amide bonds. The van der Waals surface area contributed by atoms with Crippen LogP contribution in [-0.4, -0.2) is 35.6 Å². The van der Waals surface area contributed by atoms with Gasteiger partial charge in [-0.1, -0.05) is 25.1 Å². The van der Waals surface area contributed by atoms with Gasteiger partial charge in [0.25, 0.3) is 5.69 Å². The van der Waals surface area contributed by atoms with Crippen molar-refractivity contribution < 1.29 is 28.8 Å². The Kier molecular flexibility index (Phi) is 7.38. The van der Waals surface area contributed by atoms with Crippen LogP contribution in [-0.2, 0) is 19.1 Å². The number of rotatable bonds is 6. The highest BCUT2D eigenvalue weighted by molar-refractivity contribution is 6.06. The summed E-state index contributed by atoms with van der Waals surface area (Å²) in [5, 5.41) is 19.0. The van der Waals surface area contributed by atoms with Crippen LogP contribution in [0.15, 0.2) is 76.2 Å². The maximum absolute atomic E-state index is 13.5. The van der Waals surface area contributed by atoms with Crippen LogP contribution in [0.4, 0.5) is 5.69 Å². The maximum atomic E-state index is 13.5. The predicted octanol–water partition coefficient (Wildman–Crippen LogP) is 3.47. The van der Waals surface area contributed by atoms with Gasteiger partial charge in [0.1, 0.15) is 5.75 Å². The minimum atomic E-state index is -1.10. The van der Waals surface area contributed by atoms with Crippen LogP contribution in [0.1, 0.15) is 44.2 Å². The number of nitro benzene ring substituents is 1. The average Bonchev–Trinajstić information content (AvgIpc) is 2.88. The molecule has 2 aromatic rings. The van der Waals surface area contributed by atoms with Crippen molar-refractivity contribution in [3.8, 4) is 5.75 Å². The molecular formula is C27H26N4O7.